The highest BCUT2D eigenvalue weighted by Crippen LogP contribution is 2.25. The summed E-state index contributed by atoms with van der Waals surface area (Å²) in [5.41, 5.74) is 1.02. The van der Waals surface area contributed by atoms with E-state index in [1.54, 1.807) is 11.3 Å². The number of carbonyl (C=O) groups excluding carboxylic acids is 1. The standard InChI is InChI=1S/C17H26N4O3S/c22-15(23)12-3-5-13(6-4-12)19-16(24)18-8-7-14-11-25-17(20-14)21-9-1-2-10-21/h11-13H,1-10H2,(H,22,23)(H2,18,19,24). The minimum Gasteiger partial charge on any atom is -0.481 e. The van der Waals surface area contributed by atoms with Gasteiger partial charge in [-0.25, -0.2) is 9.78 Å². The Balaban J connectivity index is 1.33. The van der Waals surface area contributed by atoms with Crippen molar-refractivity contribution in [3.63, 3.8) is 0 Å². The van der Waals surface area contributed by atoms with Gasteiger partial charge in [-0.1, -0.05) is 0 Å². The maximum atomic E-state index is 12.0. The summed E-state index contributed by atoms with van der Waals surface area (Å²) in [5, 5.41) is 18.0. The van der Waals surface area contributed by atoms with Gasteiger partial charge in [-0.05, 0) is 38.5 Å². The van der Waals surface area contributed by atoms with E-state index in [0.29, 0.717) is 19.4 Å². The average Bonchev–Trinajstić information content (AvgIpc) is 3.26. The van der Waals surface area contributed by atoms with Crippen LogP contribution in [0.3, 0.4) is 0 Å². The Morgan fingerprint density at radius 2 is 1.96 bits per heavy atom. The predicted molar refractivity (Wildman–Crippen MR) is 97.2 cm³/mol. The highest BCUT2D eigenvalue weighted by Gasteiger charge is 2.26. The summed E-state index contributed by atoms with van der Waals surface area (Å²) in [5.74, 6) is -0.977. The van der Waals surface area contributed by atoms with E-state index in [0.717, 1.165) is 43.2 Å². The quantitative estimate of drug-likeness (QED) is 0.718. The first-order valence-electron chi connectivity index (χ1n) is 9.08. The zero-order valence-electron chi connectivity index (χ0n) is 14.4. The first-order valence-corrected chi connectivity index (χ1v) is 9.96. The highest BCUT2D eigenvalue weighted by atomic mass is 32.1. The van der Waals surface area contributed by atoms with Crippen molar-refractivity contribution in [2.45, 2.75) is 51.0 Å². The fraction of sp³-hybridized carbons (Fsp3) is 0.706. The van der Waals surface area contributed by atoms with Gasteiger partial charge in [-0.15, -0.1) is 11.3 Å². The lowest BCUT2D eigenvalue weighted by Crippen LogP contribution is -2.44. The van der Waals surface area contributed by atoms with Crippen molar-refractivity contribution < 1.29 is 14.7 Å². The number of hydrogen-bond donors (Lipinski definition) is 3. The number of anilines is 1. The molecule has 0 atom stereocenters. The van der Waals surface area contributed by atoms with E-state index in [2.05, 4.69) is 25.9 Å². The smallest absolute Gasteiger partial charge is 0.315 e. The monoisotopic (exact) mass is 366 g/mol. The summed E-state index contributed by atoms with van der Waals surface area (Å²) >= 11 is 1.68. The number of amides is 2. The van der Waals surface area contributed by atoms with Gasteiger partial charge in [0.1, 0.15) is 0 Å². The van der Waals surface area contributed by atoms with Crippen LogP contribution in [0.1, 0.15) is 44.2 Å². The van der Waals surface area contributed by atoms with Crippen LogP contribution in [0.15, 0.2) is 5.38 Å². The minimum atomic E-state index is -0.723. The molecule has 2 fully saturated rings. The van der Waals surface area contributed by atoms with Gasteiger partial charge < -0.3 is 20.6 Å². The van der Waals surface area contributed by atoms with Crippen LogP contribution in [0.5, 0.6) is 0 Å². The van der Waals surface area contributed by atoms with Crippen LogP contribution in [0.2, 0.25) is 0 Å². The third-order valence-corrected chi connectivity index (χ3v) is 5.94. The van der Waals surface area contributed by atoms with E-state index in [-0.39, 0.29) is 18.0 Å². The Morgan fingerprint density at radius 3 is 2.64 bits per heavy atom. The normalized spacial score (nSPS) is 23.4. The number of hydrogen-bond acceptors (Lipinski definition) is 5. The van der Waals surface area contributed by atoms with Crippen molar-refractivity contribution in [3.8, 4) is 0 Å². The number of nitrogens with zero attached hydrogens (tertiary/aromatic N) is 2. The van der Waals surface area contributed by atoms with E-state index in [1.807, 2.05) is 0 Å². The molecule has 1 aliphatic heterocycles. The lowest BCUT2D eigenvalue weighted by atomic mass is 9.86. The Bertz CT molecular complexity index is 592. The molecule has 138 valence electrons. The lowest BCUT2D eigenvalue weighted by molar-refractivity contribution is -0.142. The molecular formula is C17H26N4O3S. The van der Waals surface area contributed by atoms with Gasteiger partial charge in [0.25, 0.3) is 0 Å². The van der Waals surface area contributed by atoms with E-state index in [9.17, 15) is 9.59 Å². The summed E-state index contributed by atoms with van der Waals surface area (Å²) in [6.45, 7) is 2.74. The predicted octanol–water partition coefficient (Wildman–Crippen LogP) is 2.23. The molecule has 2 aliphatic rings. The van der Waals surface area contributed by atoms with Gasteiger partial charge in [0.15, 0.2) is 5.13 Å². The highest BCUT2D eigenvalue weighted by molar-refractivity contribution is 7.13. The average molecular weight is 366 g/mol. The van der Waals surface area contributed by atoms with Crippen molar-refractivity contribution in [3.05, 3.63) is 11.1 Å². The first-order chi connectivity index (χ1) is 12.1. The topological polar surface area (TPSA) is 94.6 Å². The van der Waals surface area contributed by atoms with E-state index in [4.69, 9.17) is 5.11 Å². The summed E-state index contributed by atoms with van der Waals surface area (Å²) in [6.07, 6.45) is 5.95. The van der Waals surface area contributed by atoms with Crippen molar-refractivity contribution in [2.24, 2.45) is 5.92 Å². The van der Waals surface area contributed by atoms with Gasteiger partial charge >= 0.3 is 12.0 Å². The Kier molecular flexibility index (Phi) is 6.12. The second-order valence-corrected chi connectivity index (χ2v) is 7.69. The van der Waals surface area contributed by atoms with Crippen LogP contribution in [0.25, 0.3) is 0 Å². The molecule has 7 nitrogen and oxygen atoms in total. The molecular weight excluding hydrogens is 340 g/mol. The zero-order chi connectivity index (χ0) is 17.6. The van der Waals surface area contributed by atoms with Crippen molar-refractivity contribution in [1.29, 1.82) is 0 Å². The van der Waals surface area contributed by atoms with Crippen LogP contribution in [0.4, 0.5) is 9.93 Å². The van der Waals surface area contributed by atoms with Crippen LogP contribution in [-0.2, 0) is 11.2 Å². The molecule has 2 heterocycles. The fourth-order valence-electron chi connectivity index (χ4n) is 3.49. The third kappa shape index (κ3) is 5.07. The molecule has 0 aromatic carbocycles. The number of rotatable bonds is 6. The number of carbonyl (C=O) groups is 2. The molecule has 1 aliphatic carbocycles. The Hall–Kier alpha value is -1.83. The molecule has 3 rings (SSSR count). The van der Waals surface area contributed by atoms with Crippen LogP contribution in [-0.4, -0.2) is 47.8 Å². The molecule has 0 bridgehead atoms. The van der Waals surface area contributed by atoms with Crippen LogP contribution >= 0.6 is 11.3 Å². The summed E-state index contributed by atoms with van der Waals surface area (Å²) in [4.78, 5) is 29.9. The molecule has 0 unspecified atom stereocenters. The van der Waals surface area contributed by atoms with Gasteiger partial charge in [0, 0.05) is 37.5 Å². The molecule has 25 heavy (non-hydrogen) atoms. The molecule has 0 spiro atoms. The second-order valence-electron chi connectivity index (χ2n) is 6.85. The van der Waals surface area contributed by atoms with E-state index >= 15 is 0 Å². The maximum absolute atomic E-state index is 12.0. The molecule has 1 aromatic rings. The summed E-state index contributed by atoms with van der Waals surface area (Å²) < 4.78 is 0. The number of urea groups is 1. The number of carboxylic acid groups (broad SMARTS) is 1. The van der Waals surface area contributed by atoms with Crippen molar-refractivity contribution in [2.75, 3.05) is 24.5 Å². The third-order valence-electron chi connectivity index (χ3n) is 4.99. The van der Waals surface area contributed by atoms with E-state index in [1.165, 1.54) is 12.8 Å². The Labute approximate surface area is 151 Å². The first kappa shape index (κ1) is 18.0. The molecule has 3 N–H and O–H groups in total. The van der Waals surface area contributed by atoms with E-state index < -0.39 is 5.97 Å². The van der Waals surface area contributed by atoms with Gasteiger partial charge in [-0.3, -0.25) is 4.79 Å². The van der Waals surface area contributed by atoms with Gasteiger partial charge in [0.2, 0.25) is 0 Å². The number of nitrogens with one attached hydrogen (secondary N) is 2. The second kappa shape index (κ2) is 8.51. The number of aromatic nitrogens is 1. The van der Waals surface area contributed by atoms with Gasteiger partial charge in [-0.2, -0.15) is 0 Å². The van der Waals surface area contributed by atoms with Crippen molar-refractivity contribution >= 4 is 28.5 Å². The lowest BCUT2D eigenvalue weighted by Gasteiger charge is -2.26. The van der Waals surface area contributed by atoms with Crippen molar-refractivity contribution in [1.82, 2.24) is 15.6 Å². The number of carboxylic acids is 1. The SMILES string of the molecule is O=C(NCCc1csc(N2CCCC2)n1)NC1CCC(C(=O)O)CC1. The maximum Gasteiger partial charge on any atom is 0.315 e. The molecule has 1 saturated heterocycles. The van der Waals surface area contributed by atoms with Crippen LogP contribution < -0.4 is 15.5 Å². The van der Waals surface area contributed by atoms with Gasteiger partial charge in [0.05, 0.1) is 11.6 Å². The molecule has 2 amide bonds. The summed E-state index contributed by atoms with van der Waals surface area (Å²) in [6, 6.07) is -0.0922. The largest absolute Gasteiger partial charge is 0.481 e. The minimum absolute atomic E-state index is 0.0802. The number of thiazole rings is 1. The summed E-state index contributed by atoms with van der Waals surface area (Å²) in [7, 11) is 0. The Morgan fingerprint density at radius 1 is 1.24 bits per heavy atom. The zero-order valence-corrected chi connectivity index (χ0v) is 15.2. The molecule has 1 aromatic heterocycles. The van der Waals surface area contributed by atoms with Crippen LogP contribution in [0, 0.1) is 5.92 Å². The molecule has 8 heteroatoms. The molecule has 0 radical (unpaired) electrons. The molecule has 1 saturated carbocycles. The number of aliphatic carboxylic acids is 1. The fourth-order valence-corrected chi connectivity index (χ4v) is 4.40.